The van der Waals surface area contributed by atoms with Crippen LogP contribution in [0.25, 0.3) is 0 Å². The molecule has 1 aromatic rings. The van der Waals surface area contributed by atoms with Crippen molar-refractivity contribution in [2.75, 3.05) is 52.5 Å². The van der Waals surface area contributed by atoms with Gasteiger partial charge in [-0.25, -0.2) is 0 Å². The molecule has 1 aliphatic rings. The van der Waals surface area contributed by atoms with E-state index in [1.165, 1.54) is 0 Å². The topological polar surface area (TPSA) is 71.0 Å². The highest BCUT2D eigenvalue weighted by Gasteiger charge is 2.28. The third-order valence-electron chi connectivity index (χ3n) is 4.13. The van der Waals surface area contributed by atoms with Crippen molar-refractivity contribution >= 4 is 29.9 Å². The van der Waals surface area contributed by atoms with Gasteiger partial charge < -0.3 is 20.1 Å². The summed E-state index contributed by atoms with van der Waals surface area (Å²) in [4.78, 5) is 11.2. The van der Waals surface area contributed by atoms with E-state index in [9.17, 15) is 0 Å². The zero-order valence-corrected chi connectivity index (χ0v) is 18.4. The summed E-state index contributed by atoms with van der Waals surface area (Å²) in [5.74, 6) is 1.60. The van der Waals surface area contributed by atoms with E-state index in [4.69, 9.17) is 14.5 Å². The lowest BCUT2D eigenvalue weighted by atomic mass is 10.0. The molecule has 2 heterocycles. The quantitative estimate of drug-likeness (QED) is 0.257. The molecule has 0 saturated carbocycles. The van der Waals surface area contributed by atoms with Gasteiger partial charge in [-0.15, -0.1) is 24.0 Å². The summed E-state index contributed by atoms with van der Waals surface area (Å²) < 4.78 is 11.1. The van der Waals surface area contributed by atoms with Crippen LogP contribution in [0.2, 0.25) is 0 Å². The van der Waals surface area contributed by atoms with Crippen LogP contribution in [0.4, 0.5) is 0 Å². The van der Waals surface area contributed by atoms with Gasteiger partial charge in [0.2, 0.25) is 0 Å². The highest BCUT2D eigenvalue weighted by atomic mass is 127. The van der Waals surface area contributed by atoms with Gasteiger partial charge in [0.25, 0.3) is 0 Å². The number of hydrogen-bond acceptors (Lipinski definition) is 5. The molecule has 2 N–H and O–H groups in total. The molecule has 1 aliphatic heterocycles. The van der Waals surface area contributed by atoms with Crippen LogP contribution >= 0.6 is 24.0 Å². The fourth-order valence-electron chi connectivity index (χ4n) is 2.65. The monoisotopic (exact) mass is 477 g/mol. The molecule has 0 aliphatic carbocycles. The Labute approximate surface area is 174 Å². The molecule has 0 bridgehead atoms. The molecule has 0 unspecified atom stereocenters. The summed E-state index contributed by atoms with van der Waals surface area (Å²) in [6.45, 7) is 12.9. The van der Waals surface area contributed by atoms with Gasteiger partial charge in [-0.3, -0.25) is 14.9 Å². The van der Waals surface area contributed by atoms with Crippen molar-refractivity contribution in [3.05, 3.63) is 24.5 Å². The Hall–Kier alpha value is -1.13. The first-order valence-electron chi connectivity index (χ1n) is 8.99. The molecule has 8 heteroatoms. The van der Waals surface area contributed by atoms with Crippen molar-refractivity contribution in [2.45, 2.75) is 26.3 Å². The molecule has 1 fully saturated rings. The fraction of sp³-hybridized carbons (Fsp3) is 0.667. The number of morpholine rings is 1. The maximum Gasteiger partial charge on any atom is 0.191 e. The second-order valence-corrected chi connectivity index (χ2v) is 6.57. The van der Waals surface area contributed by atoms with Gasteiger partial charge in [-0.2, -0.15) is 0 Å². The van der Waals surface area contributed by atoms with Gasteiger partial charge in [0, 0.05) is 31.4 Å². The molecule has 1 saturated heterocycles. The summed E-state index contributed by atoms with van der Waals surface area (Å²) in [7, 11) is 0. The van der Waals surface area contributed by atoms with Crippen molar-refractivity contribution in [2.24, 2.45) is 4.99 Å². The highest BCUT2D eigenvalue weighted by Crippen LogP contribution is 2.16. The van der Waals surface area contributed by atoms with Gasteiger partial charge in [0.15, 0.2) is 5.96 Å². The lowest BCUT2D eigenvalue weighted by Gasteiger charge is -2.39. The number of nitrogens with one attached hydrogen (secondary N) is 2. The molecule has 0 spiro atoms. The Morgan fingerprint density at radius 1 is 1.35 bits per heavy atom. The first-order valence-corrected chi connectivity index (χ1v) is 8.99. The van der Waals surface area contributed by atoms with E-state index < -0.39 is 0 Å². The summed E-state index contributed by atoms with van der Waals surface area (Å²) in [6.07, 6.45) is 3.45. The number of guanidine groups is 1. The predicted molar refractivity (Wildman–Crippen MR) is 116 cm³/mol. The molecule has 148 valence electrons. The minimum atomic E-state index is 0. The number of hydrogen-bond donors (Lipinski definition) is 2. The van der Waals surface area contributed by atoms with E-state index in [0.717, 1.165) is 51.1 Å². The minimum Gasteiger partial charge on any atom is -0.490 e. The molecule has 2 rings (SSSR count). The Morgan fingerprint density at radius 2 is 2.12 bits per heavy atom. The molecule has 26 heavy (non-hydrogen) atoms. The van der Waals surface area contributed by atoms with Crippen LogP contribution in [0.1, 0.15) is 20.8 Å². The molecular formula is C18H32IN5O2. The highest BCUT2D eigenvalue weighted by molar-refractivity contribution is 14.0. The van der Waals surface area contributed by atoms with Crippen LogP contribution in [-0.2, 0) is 4.74 Å². The van der Waals surface area contributed by atoms with Crippen LogP contribution in [0.5, 0.6) is 5.75 Å². The van der Waals surface area contributed by atoms with Crippen molar-refractivity contribution in [3.63, 3.8) is 0 Å². The average Bonchev–Trinajstić information content (AvgIpc) is 2.65. The van der Waals surface area contributed by atoms with E-state index in [1.54, 1.807) is 12.4 Å². The Kier molecular flexibility index (Phi) is 10.8. The van der Waals surface area contributed by atoms with Crippen LogP contribution in [-0.4, -0.2) is 73.9 Å². The smallest absolute Gasteiger partial charge is 0.191 e. The van der Waals surface area contributed by atoms with Crippen LogP contribution in [0.15, 0.2) is 29.5 Å². The molecule has 0 atom stereocenters. The summed E-state index contributed by atoms with van der Waals surface area (Å²) in [5.41, 5.74) is 0.0122. The number of ether oxygens (including phenoxy) is 2. The molecule has 7 nitrogen and oxygen atoms in total. The normalized spacial score (nSPS) is 15.9. The number of halogens is 1. The Bertz CT molecular complexity index is 522. The second-order valence-electron chi connectivity index (χ2n) is 6.57. The average molecular weight is 477 g/mol. The summed E-state index contributed by atoms with van der Waals surface area (Å²) in [6, 6.07) is 3.76. The zero-order valence-electron chi connectivity index (χ0n) is 16.0. The van der Waals surface area contributed by atoms with E-state index in [2.05, 4.69) is 41.3 Å². The largest absolute Gasteiger partial charge is 0.490 e. The first kappa shape index (κ1) is 22.9. The van der Waals surface area contributed by atoms with Crippen molar-refractivity contribution in [1.82, 2.24) is 20.5 Å². The number of aromatic nitrogens is 1. The third-order valence-corrected chi connectivity index (χ3v) is 4.13. The van der Waals surface area contributed by atoms with E-state index in [-0.39, 0.29) is 29.5 Å². The van der Waals surface area contributed by atoms with Crippen molar-refractivity contribution in [1.29, 1.82) is 0 Å². The van der Waals surface area contributed by atoms with Gasteiger partial charge >= 0.3 is 0 Å². The third kappa shape index (κ3) is 8.05. The molecular weight excluding hydrogens is 445 g/mol. The molecule has 0 amide bonds. The Morgan fingerprint density at radius 3 is 2.77 bits per heavy atom. The van der Waals surface area contributed by atoms with Crippen molar-refractivity contribution in [3.8, 4) is 5.75 Å². The summed E-state index contributed by atoms with van der Waals surface area (Å²) >= 11 is 0. The maximum atomic E-state index is 5.65. The standard InChI is InChI=1S/C18H31N5O2.HI/c1-4-20-17(21-8-11-25-16-6-5-7-19-14-16)22-15-18(2,3)23-9-12-24-13-10-23;/h5-7,14H,4,8-13,15H2,1-3H3,(H2,20,21,22);1H. The molecule has 0 radical (unpaired) electrons. The van der Waals surface area contributed by atoms with Crippen LogP contribution in [0, 0.1) is 0 Å². The number of nitrogens with zero attached hydrogens (tertiary/aromatic N) is 3. The van der Waals surface area contributed by atoms with E-state index in [0.29, 0.717) is 13.2 Å². The van der Waals surface area contributed by atoms with Gasteiger partial charge in [0.05, 0.1) is 32.5 Å². The van der Waals surface area contributed by atoms with E-state index in [1.807, 2.05) is 12.1 Å². The maximum absolute atomic E-state index is 5.65. The van der Waals surface area contributed by atoms with Gasteiger partial charge in [-0.1, -0.05) is 0 Å². The molecule has 1 aromatic heterocycles. The zero-order chi connectivity index (χ0) is 18.0. The SMILES string of the molecule is CCNC(=NCC(C)(C)N1CCOCC1)NCCOc1cccnc1.I. The van der Waals surface area contributed by atoms with Crippen molar-refractivity contribution < 1.29 is 9.47 Å². The first-order chi connectivity index (χ1) is 12.1. The number of pyridine rings is 1. The van der Waals surface area contributed by atoms with Gasteiger partial charge in [-0.05, 0) is 32.9 Å². The lowest BCUT2D eigenvalue weighted by molar-refractivity contribution is -0.00683. The number of aliphatic imine (C=N–C) groups is 1. The summed E-state index contributed by atoms with van der Waals surface area (Å²) in [5, 5.41) is 6.60. The lowest BCUT2D eigenvalue weighted by Crippen LogP contribution is -2.52. The molecule has 0 aromatic carbocycles. The fourth-order valence-corrected chi connectivity index (χ4v) is 2.65. The number of rotatable bonds is 8. The van der Waals surface area contributed by atoms with Crippen LogP contribution < -0.4 is 15.4 Å². The Balaban J connectivity index is 0.00000338. The van der Waals surface area contributed by atoms with Crippen LogP contribution in [0.3, 0.4) is 0 Å². The van der Waals surface area contributed by atoms with E-state index >= 15 is 0 Å². The van der Waals surface area contributed by atoms with Gasteiger partial charge in [0.1, 0.15) is 12.4 Å². The minimum absolute atomic E-state index is 0. The predicted octanol–water partition coefficient (Wildman–Crippen LogP) is 1.74. The second kappa shape index (κ2) is 12.3.